The van der Waals surface area contributed by atoms with Crippen LogP contribution < -0.4 is 5.73 Å². The minimum atomic E-state index is -0.649. The van der Waals surface area contributed by atoms with E-state index in [1.165, 1.54) is 6.07 Å². The maximum absolute atomic E-state index is 10.7. The van der Waals surface area contributed by atoms with E-state index in [1.54, 1.807) is 12.1 Å². The van der Waals surface area contributed by atoms with E-state index in [1.807, 2.05) is 0 Å². The van der Waals surface area contributed by atoms with Crippen molar-refractivity contribution in [1.29, 1.82) is 0 Å². The molecule has 17 heavy (non-hydrogen) atoms. The predicted molar refractivity (Wildman–Crippen MR) is 71.5 cm³/mol. The predicted octanol–water partition coefficient (Wildman–Crippen LogP) is 3.06. The van der Waals surface area contributed by atoms with Crippen LogP contribution >= 0.6 is 28.3 Å². The first-order valence-corrected chi connectivity index (χ1v) is 5.30. The molecule has 94 valence electrons. The molecule has 0 bridgehead atoms. The summed E-state index contributed by atoms with van der Waals surface area (Å²) >= 11 is 3.14. The van der Waals surface area contributed by atoms with Crippen LogP contribution in [0.3, 0.4) is 0 Å². The van der Waals surface area contributed by atoms with Crippen LogP contribution in [-0.4, -0.2) is 10.0 Å². The highest BCUT2D eigenvalue weighted by molar-refractivity contribution is 9.10. The highest BCUT2D eigenvalue weighted by Crippen LogP contribution is 2.36. The number of nitrogens with two attached hydrogens (primary N) is 1. The van der Waals surface area contributed by atoms with Crippen LogP contribution in [0.1, 0.15) is 18.0 Å². The quantitative estimate of drug-likeness (QED) is 0.506. The number of benzene rings is 1. The molecule has 7 heteroatoms. The van der Waals surface area contributed by atoms with Gasteiger partial charge in [-0.3, -0.25) is 10.1 Å². The molecule has 0 saturated carbocycles. The second-order valence-corrected chi connectivity index (χ2v) is 4.17. The Labute approximate surface area is 113 Å². The normalized spacial score (nSPS) is 11.4. The van der Waals surface area contributed by atoms with Gasteiger partial charge in [0.05, 0.1) is 4.92 Å². The Hall–Kier alpha value is -1.11. The fourth-order valence-corrected chi connectivity index (χ4v) is 1.80. The number of aromatic hydroxyl groups is 1. The van der Waals surface area contributed by atoms with Crippen molar-refractivity contribution in [3.05, 3.63) is 44.9 Å². The summed E-state index contributed by atoms with van der Waals surface area (Å²) in [5, 5.41) is 20.4. The Bertz CT molecular complexity index is 440. The summed E-state index contributed by atoms with van der Waals surface area (Å²) in [6, 6.07) is 2.30. The number of nitrogens with zero attached hydrogens (tertiary/aromatic N) is 1. The van der Waals surface area contributed by atoms with E-state index in [9.17, 15) is 15.2 Å². The molecule has 0 aromatic heterocycles. The number of phenolic OH excluding ortho intramolecular Hbond substituents is 1. The molecule has 1 aromatic rings. The fourth-order valence-electron chi connectivity index (χ4n) is 1.33. The van der Waals surface area contributed by atoms with Crippen molar-refractivity contribution in [1.82, 2.24) is 0 Å². The van der Waals surface area contributed by atoms with Crippen molar-refractivity contribution in [2.24, 2.45) is 5.73 Å². The summed E-state index contributed by atoms with van der Waals surface area (Å²) in [7, 11) is 0. The molecule has 0 aliphatic rings. The van der Waals surface area contributed by atoms with Gasteiger partial charge in [-0.05, 0) is 12.5 Å². The molecule has 1 rings (SSSR count). The highest BCUT2D eigenvalue weighted by atomic mass is 79.9. The first-order valence-electron chi connectivity index (χ1n) is 4.50. The maximum atomic E-state index is 10.7. The average Bonchev–Trinajstić information content (AvgIpc) is 2.20. The SMILES string of the molecule is C=CC[C@H](N)c1cc(Br)cc([N+](=O)[O-])c1O.Cl. The molecule has 0 radical (unpaired) electrons. The lowest BCUT2D eigenvalue weighted by atomic mass is 10.0. The first-order chi connectivity index (χ1) is 7.47. The van der Waals surface area contributed by atoms with Crippen LogP contribution in [0.2, 0.25) is 0 Å². The fraction of sp³-hybridized carbons (Fsp3) is 0.200. The van der Waals surface area contributed by atoms with Gasteiger partial charge in [0.25, 0.3) is 0 Å². The minimum Gasteiger partial charge on any atom is -0.502 e. The Morgan fingerprint density at radius 2 is 2.24 bits per heavy atom. The maximum Gasteiger partial charge on any atom is 0.312 e. The van der Waals surface area contributed by atoms with Crippen molar-refractivity contribution in [3.8, 4) is 5.75 Å². The van der Waals surface area contributed by atoms with Gasteiger partial charge in [-0.1, -0.05) is 22.0 Å². The lowest BCUT2D eigenvalue weighted by molar-refractivity contribution is -0.386. The van der Waals surface area contributed by atoms with Crippen molar-refractivity contribution in [2.45, 2.75) is 12.5 Å². The van der Waals surface area contributed by atoms with Crippen molar-refractivity contribution < 1.29 is 10.0 Å². The summed E-state index contributed by atoms with van der Waals surface area (Å²) in [5.41, 5.74) is 5.75. The summed E-state index contributed by atoms with van der Waals surface area (Å²) in [4.78, 5) is 10.0. The molecule has 0 unspecified atom stereocenters. The third kappa shape index (κ3) is 3.69. The number of halogens is 2. The number of phenols is 1. The molecule has 1 aromatic carbocycles. The largest absolute Gasteiger partial charge is 0.502 e. The van der Waals surface area contributed by atoms with Crippen LogP contribution in [0.5, 0.6) is 5.75 Å². The molecule has 0 amide bonds. The smallest absolute Gasteiger partial charge is 0.312 e. The van der Waals surface area contributed by atoms with E-state index >= 15 is 0 Å². The van der Waals surface area contributed by atoms with E-state index in [4.69, 9.17) is 5.73 Å². The number of nitro benzene ring substituents is 1. The third-order valence-corrected chi connectivity index (χ3v) is 2.56. The van der Waals surface area contributed by atoms with Crippen LogP contribution in [0.4, 0.5) is 5.69 Å². The second kappa shape index (κ2) is 6.58. The molecule has 1 atom stereocenters. The van der Waals surface area contributed by atoms with Gasteiger partial charge < -0.3 is 10.8 Å². The van der Waals surface area contributed by atoms with E-state index in [-0.39, 0.29) is 23.8 Å². The summed E-state index contributed by atoms with van der Waals surface area (Å²) in [6.07, 6.45) is 2.03. The Morgan fingerprint density at radius 1 is 1.65 bits per heavy atom. The molecule has 0 spiro atoms. The van der Waals surface area contributed by atoms with Crippen molar-refractivity contribution >= 4 is 34.0 Å². The highest BCUT2D eigenvalue weighted by Gasteiger charge is 2.21. The minimum absolute atomic E-state index is 0. The lowest BCUT2D eigenvalue weighted by Crippen LogP contribution is -2.10. The molecule has 0 aliphatic carbocycles. The van der Waals surface area contributed by atoms with Crippen LogP contribution in [-0.2, 0) is 0 Å². The molecule has 0 heterocycles. The Morgan fingerprint density at radius 3 is 2.71 bits per heavy atom. The molecule has 3 N–H and O–H groups in total. The second-order valence-electron chi connectivity index (χ2n) is 3.25. The van der Waals surface area contributed by atoms with Gasteiger partial charge >= 0.3 is 5.69 Å². The van der Waals surface area contributed by atoms with Gasteiger partial charge in [-0.25, -0.2) is 0 Å². The van der Waals surface area contributed by atoms with Crippen molar-refractivity contribution in [3.63, 3.8) is 0 Å². The van der Waals surface area contributed by atoms with Gasteiger partial charge in [-0.2, -0.15) is 0 Å². The zero-order valence-electron chi connectivity index (χ0n) is 8.80. The van der Waals surface area contributed by atoms with E-state index < -0.39 is 11.0 Å². The van der Waals surface area contributed by atoms with Gasteiger partial charge in [0.15, 0.2) is 5.75 Å². The van der Waals surface area contributed by atoms with Crippen LogP contribution in [0.25, 0.3) is 0 Å². The van der Waals surface area contributed by atoms with Gasteiger partial charge in [0.1, 0.15) is 0 Å². The topological polar surface area (TPSA) is 89.4 Å². The first kappa shape index (κ1) is 15.9. The number of rotatable bonds is 4. The standard InChI is InChI=1S/C10H11BrN2O3.ClH/c1-2-3-8(12)7-4-6(11)5-9(10(7)14)13(15)16;/h2,4-5,8,14H,1,3,12H2;1H/t8-;/m0./s1. The lowest BCUT2D eigenvalue weighted by Gasteiger charge is -2.12. The molecule has 0 saturated heterocycles. The number of nitro groups is 1. The molecule has 5 nitrogen and oxygen atoms in total. The Balaban J connectivity index is 0.00000256. The van der Waals surface area contributed by atoms with Crippen LogP contribution in [0, 0.1) is 10.1 Å². The summed E-state index contributed by atoms with van der Waals surface area (Å²) in [5.74, 6) is -0.387. The summed E-state index contributed by atoms with van der Waals surface area (Å²) < 4.78 is 0.506. The van der Waals surface area contributed by atoms with Crippen LogP contribution in [0.15, 0.2) is 29.3 Å². The number of hydrogen-bond donors (Lipinski definition) is 2. The summed E-state index contributed by atoms with van der Waals surface area (Å²) in [6.45, 7) is 3.53. The third-order valence-electron chi connectivity index (χ3n) is 2.10. The zero-order valence-corrected chi connectivity index (χ0v) is 11.2. The van der Waals surface area contributed by atoms with E-state index in [2.05, 4.69) is 22.5 Å². The van der Waals surface area contributed by atoms with Crippen molar-refractivity contribution in [2.75, 3.05) is 0 Å². The number of hydrogen-bond acceptors (Lipinski definition) is 4. The molecule has 0 aliphatic heterocycles. The van der Waals surface area contributed by atoms with Gasteiger partial charge in [-0.15, -0.1) is 19.0 Å². The molecule has 0 fully saturated rings. The Kier molecular flexibility index (Phi) is 6.15. The average molecular weight is 324 g/mol. The van der Waals surface area contributed by atoms with Gasteiger partial charge in [0, 0.05) is 22.1 Å². The van der Waals surface area contributed by atoms with E-state index in [0.29, 0.717) is 16.5 Å². The zero-order chi connectivity index (χ0) is 12.3. The van der Waals surface area contributed by atoms with Gasteiger partial charge in [0.2, 0.25) is 0 Å². The molecular weight excluding hydrogens is 311 g/mol. The monoisotopic (exact) mass is 322 g/mol. The molecular formula is C10H12BrClN2O3. The van der Waals surface area contributed by atoms with E-state index in [0.717, 1.165) is 0 Å².